The molecule has 0 aliphatic rings. The maximum Gasteiger partial charge on any atom is 0.269 e. The number of non-ortho nitro benzene ring substituents is 1. The van der Waals surface area contributed by atoms with E-state index in [0.717, 1.165) is 28.2 Å². The molecule has 2 aromatic carbocycles. The Morgan fingerprint density at radius 2 is 1.68 bits per heavy atom. The van der Waals surface area contributed by atoms with Crippen LogP contribution in [-0.2, 0) is 28.9 Å². The highest BCUT2D eigenvalue weighted by atomic mass is 32.1. The van der Waals surface area contributed by atoms with Crippen LogP contribution < -0.4 is 10.6 Å². The van der Waals surface area contributed by atoms with E-state index in [-0.39, 0.29) is 24.9 Å². The summed E-state index contributed by atoms with van der Waals surface area (Å²) in [6, 6.07) is 14.6. The van der Waals surface area contributed by atoms with Crippen molar-refractivity contribution in [2.45, 2.75) is 52.6 Å². The van der Waals surface area contributed by atoms with Crippen LogP contribution in [0.15, 0.2) is 60.0 Å². The molecule has 0 radical (unpaired) electrons. The molecule has 2 N–H and O–H groups in total. The number of hydrogen-bond acceptors (Lipinski definition) is 6. The van der Waals surface area contributed by atoms with Gasteiger partial charge in [0.1, 0.15) is 11.0 Å². The number of nitro benzene ring substituents is 1. The highest BCUT2D eigenvalue weighted by molar-refractivity contribution is 7.09. The zero-order chi connectivity index (χ0) is 23.8. The second-order valence-electron chi connectivity index (χ2n) is 7.66. The number of nitrogens with one attached hydrogen (secondary N) is 2. The summed E-state index contributed by atoms with van der Waals surface area (Å²) in [7, 11) is 0. The fourth-order valence-electron chi connectivity index (χ4n) is 3.41. The molecule has 0 bridgehead atoms. The fourth-order valence-corrected chi connectivity index (χ4v) is 4.36. The van der Waals surface area contributed by atoms with Gasteiger partial charge in [0, 0.05) is 30.9 Å². The van der Waals surface area contributed by atoms with Crippen LogP contribution in [0.2, 0.25) is 0 Å². The molecule has 0 fully saturated rings. The van der Waals surface area contributed by atoms with Gasteiger partial charge in [-0.15, -0.1) is 11.3 Å². The Balaban J connectivity index is 0.00000408. The molecule has 1 heterocycles. The van der Waals surface area contributed by atoms with Crippen molar-refractivity contribution in [3.8, 4) is 0 Å². The summed E-state index contributed by atoms with van der Waals surface area (Å²) in [5.74, 6) is -0.602. The van der Waals surface area contributed by atoms with Gasteiger partial charge in [0.2, 0.25) is 11.8 Å². The van der Waals surface area contributed by atoms with E-state index in [1.807, 2.05) is 42.6 Å². The van der Waals surface area contributed by atoms with E-state index in [2.05, 4.69) is 15.6 Å². The van der Waals surface area contributed by atoms with Gasteiger partial charge in [0.15, 0.2) is 0 Å². The first-order chi connectivity index (χ1) is 15.9. The highest BCUT2D eigenvalue weighted by Gasteiger charge is 2.25. The summed E-state index contributed by atoms with van der Waals surface area (Å²) >= 11 is 1.46. The van der Waals surface area contributed by atoms with Crippen LogP contribution in [0.4, 0.5) is 5.69 Å². The molecule has 3 aromatic rings. The highest BCUT2D eigenvalue weighted by Crippen LogP contribution is 2.24. The number of aryl methyl sites for hydroxylation is 1. The first kappa shape index (κ1) is 26.7. The lowest BCUT2D eigenvalue weighted by Gasteiger charge is -2.22. The van der Waals surface area contributed by atoms with E-state index in [1.54, 1.807) is 12.1 Å². The Labute approximate surface area is 203 Å². The maximum atomic E-state index is 13.2. The van der Waals surface area contributed by atoms with Crippen molar-refractivity contribution in [3.63, 3.8) is 0 Å². The first-order valence-electron chi connectivity index (χ1n) is 10.6. The Hall–Kier alpha value is -3.59. The second-order valence-corrected chi connectivity index (χ2v) is 8.55. The van der Waals surface area contributed by atoms with Crippen molar-refractivity contribution in [2.24, 2.45) is 0 Å². The third kappa shape index (κ3) is 7.48. The van der Waals surface area contributed by atoms with E-state index in [4.69, 9.17) is 0 Å². The second kappa shape index (κ2) is 12.6. The molecule has 34 heavy (non-hydrogen) atoms. The molecule has 0 saturated carbocycles. The van der Waals surface area contributed by atoms with Gasteiger partial charge in [0.05, 0.1) is 16.7 Å². The van der Waals surface area contributed by atoms with Crippen molar-refractivity contribution in [2.75, 3.05) is 0 Å². The minimum atomic E-state index is -0.741. The number of benzene rings is 2. The normalized spacial score (nSPS) is 12.2. The largest absolute Gasteiger partial charge is 0.345 e. The molecular weight excluding hydrogens is 452 g/mol. The average Bonchev–Trinajstić information content (AvgIpc) is 3.28. The monoisotopic (exact) mass is 482 g/mol. The van der Waals surface area contributed by atoms with Gasteiger partial charge in [-0.1, -0.05) is 56.8 Å². The average molecular weight is 483 g/mol. The lowest BCUT2D eigenvalue weighted by molar-refractivity contribution is -0.384. The number of hydrogen-bond donors (Lipinski definition) is 2. The SMILES string of the molecule is C.CCc1csc([C@H](Cc2ccc([N+](=O)[O-])cc2)NC(=O)[C@H](Cc2ccccc2)NC(C)=O)n1. The quantitative estimate of drug-likeness (QED) is 0.328. The van der Waals surface area contributed by atoms with Crippen molar-refractivity contribution < 1.29 is 14.5 Å². The molecule has 2 atom stereocenters. The van der Waals surface area contributed by atoms with Crippen LogP contribution >= 0.6 is 11.3 Å². The number of nitro groups is 1. The molecule has 0 aliphatic heterocycles. The van der Waals surface area contributed by atoms with Crippen molar-refractivity contribution in [3.05, 3.63) is 91.9 Å². The molecule has 2 amide bonds. The van der Waals surface area contributed by atoms with Crippen LogP contribution in [0.5, 0.6) is 0 Å². The molecule has 0 saturated heterocycles. The number of thiazole rings is 1. The zero-order valence-electron chi connectivity index (χ0n) is 18.5. The van der Waals surface area contributed by atoms with E-state index < -0.39 is 17.0 Å². The van der Waals surface area contributed by atoms with Crippen molar-refractivity contribution >= 4 is 28.8 Å². The Morgan fingerprint density at radius 1 is 1.03 bits per heavy atom. The van der Waals surface area contributed by atoms with Crippen LogP contribution in [0.25, 0.3) is 0 Å². The molecule has 0 unspecified atom stereocenters. The molecule has 0 aliphatic carbocycles. The van der Waals surface area contributed by atoms with E-state index >= 15 is 0 Å². The van der Waals surface area contributed by atoms with Crippen molar-refractivity contribution in [1.82, 2.24) is 15.6 Å². The first-order valence-corrected chi connectivity index (χ1v) is 11.5. The standard InChI is InChI=1S/C24H26N4O4S.CH4/c1-3-19-15-33-24(26-19)22(14-18-9-11-20(12-10-18)28(31)32)27-23(30)21(25-16(2)29)13-17-7-5-4-6-8-17;/h4-12,15,21-22H,3,13-14H2,1-2H3,(H,25,29)(H,27,30);1H4/t21-,22-;/m0./s1. The molecule has 180 valence electrons. The molecule has 3 rings (SSSR count). The molecule has 0 spiro atoms. The van der Waals surface area contributed by atoms with Gasteiger partial charge in [-0.2, -0.15) is 0 Å². The number of carbonyl (C=O) groups is 2. The van der Waals surface area contributed by atoms with Gasteiger partial charge < -0.3 is 10.6 Å². The lowest BCUT2D eigenvalue weighted by Crippen LogP contribution is -2.48. The zero-order valence-corrected chi connectivity index (χ0v) is 19.3. The lowest BCUT2D eigenvalue weighted by atomic mass is 10.0. The summed E-state index contributed by atoms with van der Waals surface area (Å²) in [6.07, 6.45) is 1.55. The smallest absolute Gasteiger partial charge is 0.269 e. The number of nitrogens with zero attached hydrogens (tertiary/aromatic N) is 2. The van der Waals surface area contributed by atoms with E-state index in [9.17, 15) is 19.7 Å². The van der Waals surface area contributed by atoms with E-state index in [0.29, 0.717) is 12.8 Å². The number of amides is 2. The minimum absolute atomic E-state index is 0. The molecule has 9 heteroatoms. The topological polar surface area (TPSA) is 114 Å². The summed E-state index contributed by atoms with van der Waals surface area (Å²) in [6.45, 7) is 3.39. The summed E-state index contributed by atoms with van der Waals surface area (Å²) < 4.78 is 0. The van der Waals surface area contributed by atoms with Gasteiger partial charge >= 0.3 is 0 Å². The van der Waals surface area contributed by atoms with E-state index in [1.165, 1.54) is 30.4 Å². The van der Waals surface area contributed by atoms with Crippen LogP contribution in [0.1, 0.15) is 49.1 Å². The number of carbonyl (C=O) groups excluding carboxylic acids is 2. The maximum absolute atomic E-state index is 13.2. The van der Waals surface area contributed by atoms with Gasteiger partial charge in [-0.3, -0.25) is 19.7 Å². The van der Waals surface area contributed by atoms with Gasteiger partial charge in [0.25, 0.3) is 5.69 Å². The fraction of sp³-hybridized carbons (Fsp3) is 0.320. The number of aromatic nitrogens is 1. The third-order valence-corrected chi connectivity index (χ3v) is 6.12. The number of rotatable bonds is 10. The van der Waals surface area contributed by atoms with Crippen molar-refractivity contribution in [1.29, 1.82) is 0 Å². The van der Waals surface area contributed by atoms with Crippen LogP contribution in [0, 0.1) is 10.1 Å². The Kier molecular flexibility index (Phi) is 9.88. The van der Waals surface area contributed by atoms with Crippen LogP contribution in [-0.4, -0.2) is 27.8 Å². The molecule has 1 aromatic heterocycles. The van der Waals surface area contributed by atoms with Gasteiger partial charge in [-0.25, -0.2) is 4.98 Å². The Morgan fingerprint density at radius 3 is 2.24 bits per heavy atom. The summed E-state index contributed by atoms with van der Waals surface area (Å²) in [4.78, 5) is 40.2. The third-order valence-electron chi connectivity index (χ3n) is 5.11. The minimum Gasteiger partial charge on any atom is -0.345 e. The van der Waals surface area contributed by atoms with Gasteiger partial charge in [-0.05, 0) is 24.0 Å². The molecule has 8 nitrogen and oxygen atoms in total. The van der Waals surface area contributed by atoms with Crippen LogP contribution in [0.3, 0.4) is 0 Å². The summed E-state index contributed by atoms with van der Waals surface area (Å²) in [5, 5.41) is 19.4. The predicted octanol–water partition coefficient (Wildman–Crippen LogP) is 4.40. The summed E-state index contributed by atoms with van der Waals surface area (Å²) in [5.41, 5.74) is 2.70. The Bertz CT molecular complexity index is 1100. The molecular formula is C25H30N4O4S. The predicted molar refractivity (Wildman–Crippen MR) is 134 cm³/mol.